The van der Waals surface area contributed by atoms with Crippen molar-refractivity contribution >= 4 is 17.5 Å². The fourth-order valence-electron chi connectivity index (χ4n) is 4.24. The van der Waals surface area contributed by atoms with E-state index in [1.807, 2.05) is 33.8 Å². The summed E-state index contributed by atoms with van der Waals surface area (Å²) >= 11 is 6.26. The Labute approximate surface area is 183 Å². The van der Waals surface area contributed by atoms with Crippen LogP contribution in [0.3, 0.4) is 0 Å². The molecule has 2 aromatic rings. The topological polar surface area (TPSA) is 50.6 Å². The Morgan fingerprint density at radius 1 is 1.37 bits per heavy atom. The highest BCUT2D eigenvalue weighted by Gasteiger charge is 2.34. The predicted octanol–water partition coefficient (Wildman–Crippen LogP) is 3.68. The van der Waals surface area contributed by atoms with Crippen molar-refractivity contribution in [2.45, 2.75) is 45.7 Å². The lowest BCUT2D eigenvalue weighted by molar-refractivity contribution is -0.133. The van der Waals surface area contributed by atoms with E-state index in [-0.39, 0.29) is 11.8 Å². The van der Waals surface area contributed by atoms with Crippen molar-refractivity contribution in [3.05, 3.63) is 46.2 Å². The molecule has 1 amide bonds. The quantitative estimate of drug-likeness (QED) is 0.609. The molecule has 6 nitrogen and oxygen atoms in total. The van der Waals surface area contributed by atoms with Crippen molar-refractivity contribution in [2.75, 3.05) is 33.4 Å². The van der Waals surface area contributed by atoms with Crippen LogP contribution in [0.15, 0.2) is 24.3 Å². The van der Waals surface area contributed by atoms with Gasteiger partial charge in [0.05, 0.1) is 30.2 Å². The van der Waals surface area contributed by atoms with Gasteiger partial charge in [0.2, 0.25) is 5.91 Å². The lowest BCUT2D eigenvalue weighted by Gasteiger charge is -2.28. The number of benzene rings is 1. The van der Waals surface area contributed by atoms with Gasteiger partial charge in [0.25, 0.3) is 0 Å². The minimum Gasteiger partial charge on any atom is -0.383 e. The molecular weight excluding hydrogens is 400 g/mol. The van der Waals surface area contributed by atoms with Crippen LogP contribution in [0, 0.1) is 5.92 Å². The van der Waals surface area contributed by atoms with E-state index in [4.69, 9.17) is 21.4 Å². The minimum atomic E-state index is 0.185. The van der Waals surface area contributed by atoms with Crippen LogP contribution in [0.1, 0.15) is 43.1 Å². The smallest absolute Gasteiger partial charge is 0.226 e. The molecule has 30 heavy (non-hydrogen) atoms. The number of carbonyl (C=O) groups excluding carboxylic acids is 1. The van der Waals surface area contributed by atoms with Crippen molar-refractivity contribution in [3.63, 3.8) is 0 Å². The van der Waals surface area contributed by atoms with Gasteiger partial charge in [-0.2, -0.15) is 5.10 Å². The summed E-state index contributed by atoms with van der Waals surface area (Å²) in [5.74, 6) is 0.420. The molecule has 4 rings (SSSR count). The summed E-state index contributed by atoms with van der Waals surface area (Å²) in [6.07, 6.45) is 4.08. The molecule has 0 unspecified atom stereocenters. The van der Waals surface area contributed by atoms with E-state index < -0.39 is 0 Å². The number of halogens is 1. The van der Waals surface area contributed by atoms with E-state index in [9.17, 15) is 4.79 Å². The van der Waals surface area contributed by atoms with Crippen molar-refractivity contribution < 1.29 is 9.53 Å². The van der Waals surface area contributed by atoms with Crippen LogP contribution in [0.25, 0.3) is 5.69 Å². The monoisotopic (exact) mass is 430 g/mol. The van der Waals surface area contributed by atoms with Crippen LogP contribution in [-0.4, -0.2) is 58.8 Å². The summed E-state index contributed by atoms with van der Waals surface area (Å²) < 4.78 is 7.30. The third-order valence-corrected chi connectivity index (χ3v) is 6.19. The number of fused-ring (bicyclic) bond motifs is 1. The van der Waals surface area contributed by atoms with Gasteiger partial charge in [-0.1, -0.05) is 24.6 Å². The number of hydrogen-bond donors (Lipinski definition) is 0. The van der Waals surface area contributed by atoms with Gasteiger partial charge in [0.15, 0.2) is 0 Å². The molecule has 7 heteroatoms. The minimum absolute atomic E-state index is 0.185. The number of methoxy groups -OCH3 is 1. The summed E-state index contributed by atoms with van der Waals surface area (Å²) in [5.41, 5.74) is 4.48. The van der Waals surface area contributed by atoms with Gasteiger partial charge >= 0.3 is 0 Å². The first-order valence-corrected chi connectivity index (χ1v) is 11.3. The van der Waals surface area contributed by atoms with Crippen LogP contribution < -0.4 is 0 Å². The van der Waals surface area contributed by atoms with Crippen LogP contribution in [0.2, 0.25) is 5.02 Å². The number of ether oxygens (including phenoxy) is 1. The van der Waals surface area contributed by atoms with Gasteiger partial charge in [-0.3, -0.25) is 9.69 Å². The highest BCUT2D eigenvalue weighted by atomic mass is 35.5. The Hall–Kier alpha value is -1.89. The Morgan fingerprint density at radius 2 is 2.20 bits per heavy atom. The van der Waals surface area contributed by atoms with Gasteiger partial charge in [0, 0.05) is 49.7 Å². The molecule has 1 aromatic carbocycles. The number of aromatic nitrogens is 2. The molecule has 0 atom stereocenters. The fraction of sp³-hybridized carbons (Fsp3) is 0.565. The zero-order chi connectivity index (χ0) is 21.1. The largest absolute Gasteiger partial charge is 0.383 e. The molecule has 1 fully saturated rings. The second kappa shape index (κ2) is 9.50. The van der Waals surface area contributed by atoms with Crippen LogP contribution in [-0.2, 0) is 29.0 Å². The van der Waals surface area contributed by atoms with Crippen molar-refractivity contribution in [1.82, 2.24) is 19.6 Å². The first-order valence-electron chi connectivity index (χ1n) is 11.0. The summed E-state index contributed by atoms with van der Waals surface area (Å²) in [5, 5.41) is 5.71. The highest BCUT2D eigenvalue weighted by molar-refractivity contribution is 6.30. The molecule has 1 saturated carbocycles. The Kier molecular flexibility index (Phi) is 6.76. The molecule has 2 aliphatic rings. The summed E-state index contributed by atoms with van der Waals surface area (Å²) in [7, 11) is 1.68. The van der Waals surface area contributed by atoms with E-state index in [2.05, 4.69) is 11.8 Å². The molecule has 0 saturated heterocycles. The Balaban J connectivity index is 1.68. The van der Waals surface area contributed by atoms with E-state index in [1.165, 1.54) is 11.3 Å². The lowest BCUT2D eigenvalue weighted by Crippen LogP contribution is -2.36. The lowest BCUT2D eigenvalue weighted by atomic mass is 10.0. The molecule has 0 bridgehead atoms. The number of rotatable bonds is 9. The Bertz CT molecular complexity index is 893. The van der Waals surface area contributed by atoms with Crippen LogP contribution in [0.5, 0.6) is 0 Å². The van der Waals surface area contributed by atoms with Crippen molar-refractivity contribution in [3.8, 4) is 5.69 Å². The Morgan fingerprint density at radius 3 is 2.90 bits per heavy atom. The summed E-state index contributed by atoms with van der Waals surface area (Å²) in [6.45, 7) is 6.88. The molecule has 0 spiro atoms. The average molecular weight is 431 g/mol. The summed E-state index contributed by atoms with van der Waals surface area (Å²) in [4.78, 5) is 17.3. The second-order valence-electron chi connectivity index (χ2n) is 8.32. The molecule has 162 valence electrons. The van der Waals surface area contributed by atoms with E-state index in [0.717, 1.165) is 56.7 Å². The summed E-state index contributed by atoms with van der Waals surface area (Å²) in [6, 6.07) is 7.83. The molecule has 0 radical (unpaired) electrons. The number of carbonyl (C=O) groups is 1. The first-order chi connectivity index (χ1) is 14.6. The first kappa shape index (κ1) is 21.3. The molecular formula is C23H31ClN4O2. The van der Waals surface area contributed by atoms with Crippen molar-refractivity contribution in [2.24, 2.45) is 5.92 Å². The number of hydrogen-bond acceptors (Lipinski definition) is 4. The SMILES string of the molecule is CCCN1CCc2c(c(CN(CCOC)C(=O)C3CC3)nn2-c2cccc(Cl)c2)C1. The third-order valence-electron chi connectivity index (χ3n) is 5.96. The standard InChI is InChI=1S/C23H31ClN4O2/c1-3-10-26-11-9-22-20(15-26)21(25-28(22)19-6-4-5-18(24)14-19)16-27(12-13-30-2)23(29)17-7-8-17/h4-6,14,17H,3,7-13,15-16H2,1-2H3. The van der Waals surface area contributed by atoms with Gasteiger partial charge in [-0.05, 0) is 44.0 Å². The highest BCUT2D eigenvalue weighted by Crippen LogP contribution is 2.32. The average Bonchev–Trinajstić information content (AvgIpc) is 3.53. The van der Waals surface area contributed by atoms with Gasteiger partial charge < -0.3 is 9.64 Å². The number of amides is 1. The maximum Gasteiger partial charge on any atom is 0.226 e. The molecule has 1 aliphatic carbocycles. The molecule has 1 aliphatic heterocycles. The van der Waals surface area contributed by atoms with E-state index in [0.29, 0.717) is 24.7 Å². The van der Waals surface area contributed by atoms with E-state index in [1.54, 1.807) is 7.11 Å². The predicted molar refractivity (Wildman–Crippen MR) is 118 cm³/mol. The van der Waals surface area contributed by atoms with Crippen LogP contribution in [0.4, 0.5) is 0 Å². The molecule has 0 N–H and O–H groups in total. The third kappa shape index (κ3) is 4.71. The fourth-order valence-corrected chi connectivity index (χ4v) is 4.42. The zero-order valence-corrected chi connectivity index (χ0v) is 18.7. The van der Waals surface area contributed by atoms with Crippen molar-refractivity contribution in [1.29, 1.82) is 0 Å². The second-order valence-corrected chi connectivity index (χ2v) is 8.75. The number of nitrogens with zero attached hydrogens (tertiary/aromatic N) is 4. The molecule has 1 aromatic heterocycles. The van der Waals surface area contributed by atoms with Gasteiger partial charge in [-0.15, -0.1) is 0 Å². The molecule has 2 heterocycles. The zero-order valence-electron chi connectivity index (χ0n) is 17.9. The maximum absolute atomic E-state index is 12.9. The van der Waals surface area contributed by atoms with Crippen LogP contribution >= 0.6 is 11.6 Å². The van der Waals surface area contributed by atoms with Gasteiger partial charge in [0.1, 0.15) is 0 Å². The van der Waals surface area contributed by atoms with E-state index >= 15 is 0 Å². The normalized spacial score (nSPS) is 16.5. The maximum atomic E-state index is 12.9. The van der Waals surface area contributed by atoms with Gasteiger partial charge in [-0.25, -0.2) is 4.68 Å².